The van der Waals surface area contributed by atoms with Crippen LogP contribution in [-0.2, 0) is 15.9 Å². The monoisotopic (exact) mass is 289 g/mol. The van der Waals surface area contributed by atoms with Gasteiger partial charge in [0.05, 0.1) is 0 Å². The van der Waals surface area contributed by atoms with Crippen LogP contribution < -0.4 is 5.73 Å². The summed E-state index contributed by atoms with van der Waals surface area (Å²) in [4.78, 5) is 12.1. The van der Waals surface area contributed by atoms with Gasteiger partial charge in [-0.3, -0.25) is 4.79 Å². The van der Waals surface area contributed by atoms with E-state index in [9.17, 15) is 4.79 Å². The van der Waals surface area contributed by atoms with Crippen LogP contribution in [0, 0.1) is 0 Å². The van der Waals surface area contributed by atoms with Gasteiger partial charge in [-0.05, 0) is 24.6 Å². The van der Waals surface area contributed by atoms with Gasteiger partial charge in [-0.2, -0.15) is 0 Å². The van der Waals surface area contributed by atoms with E-state index < -0.39 is 6.04 Å². The Bertz CT molecular complexity index is 389. The number of nitrogens with two attached hydrogens (primary N) is 1. The second-order valence-corrected chi connectivity index (χ2v) is 5.64. The van der Waals surface area contributed by atoms with Crippen molar-refractivity contribution in [2.24, 2.45) is 5.73 Å². The highest BCUT2D eigenvalue weighted by atomic mass is 16.5. The molecule has 0 heterocycles. The van der Waals surface area contributed by atoms with Crippen molar-refractivity contribution in [3.05, 3.63) is 35.9 Å². The Morgan fingerprint density at radius 1 is 1.14 bits per heavy atom. The van der Waals surface area contributed by atoms with Crippen molar-refractivity contribution in [3.8, 4) is 0 Å². The van der Waals surface area contributed by atoms with Crippen molar-refractivity contribution in [1.82, 2.24) is 0 Å². The first-order valence-corrected chi connectivity index (χ1v) is 8.17. The van der Waals surface area contributed by atoms with E-state index in [1.165, 1.54) is 0 Å². The largest absolute Gasteiger partial charge is 0.535 e. The molecule has 0 bridgehead atoms. The number of hydrogen-bond donors (Lipinski definition) is 1. The highest BCUT2D eigenvalue weighted by molar-refractivity contribution is 6.53. The minimum absolute atomic E-state index is 0.0271. The topological polar surface area (TPSA) is 52.3 Å². The molecule has 0 saturated heterocycles. The van der Waals surface area contributed by atoms with Crippen LogP contribution in [0.5, 0.6) is 0 Å². The third-order valence-electron chi connectivity index (χ3n) is 3.64. The summed E-state index contributed by atoms with van der Waals surface area (Å²) in [6, 6.07) is 9.27. The minimum Gasteiger partial charge on any atom is -0.535 e. The highest BCUT2D eigenvalue weighted by Gasteiger charge is 2.23. The molecule has 3 nitrogen and oxygen atoms in total. The molecular weight excluding hydrogens is 261 g/mol. The summed E-state index contributed by atoms with van der Waals surface area (Å²) < 4.78 is 5.62. The SMILES string of the molecule is CCCCB(CCCC)OC(=O)C(N)Cc1ccccc1. The van der Waals surface area contributed by atoms with Crippen LogP contribution in [0.4, 0.5) is 0 Å². The molecule has 1 aromatic rings. The predicted octanol–water partition coefficient (Wildman–Crippen LogP) is 3.69. The summed E-state index contributed by atoms with van der Waals surface area (Å²) in [6.45, 7) is 4.33. The molecule has 0 aliphatic heterocycles. The molecule has 0 spiro atoms. The Kier molecular flexibility index (Phi) is 8.83. The Balaban J connectivity index is 2.46. The van der Waals surface area contributed by atoms with Gasteiger partial charge in [0, 0.05) is 0 Å². The number of hydrogen-bond acceptors (Lipinski definition) is 3. The molecular formula is C17H28BNO2. The van der Waals surface area contributed by atoms with Gasteiger partial charge in [0.2, 0.25) is 0 Å². The van der Waals surface area contributed by atoms with Crippen molar-refractivity contribution < 1.29 is 9.45 Å². The highest BCUT2D eigenvalue weighted by Crippen LogP contribution is 2.12. The predicted molar refractivity (Wildman–Crippen MR) is 89.4 cm³/mol. The van der Waals surface area contributed by atoms with Crippen molar-refractivity contribution in [1.29, 1.82) is 0 Å². The van der Waals surface area contributed by atoms with Crippen LogP contribution in [-0.4, -0.2) is 18.9 Å². The molecule has 0 saturated carbocycles. The molecule has 1 rings (SSSR count). The zero-order chi connectivity index (χ0) is 15.5. The third-order valence-corrected chi connectivity index (χ3v) is 3.64. The summed E-state index contributed by atoms with van der Waals surface area (Å²) in [5.74, 6) is -0.268. The van der Waals surface area contributed by atoms with E-state index in [0.717, 1.165) is 43.9 Å². The van der Waals surface area contributed by atoms with E-state index in [4.69, 9.17) is 10.4 Å². The fourth-order valence-electron chi connectivity index (χ4n) is 2.33. The summed E-state index contributed by atoms with van der Waals surface area (Å²) in [5, 5.41) is 0. The van der Waals surface area contributed by atoms with Crippen molar-refractivity contribution in [3.63, 3.8) is 0 Å². The number of carbonyl (C=O) groups excluding carboxylic acids is 1. The maximum atomic E-state index is 12.1. The molecule has 0 aliphatic carbocycles. The lowest BCUT2D eigenvalue weighted by Gasteiger charge is -2.17. The fourth-order valence-corrected chi connectivity index (χ4v) is 2.33. The van der Waals surface area contributed by atoms with E-state index in [2.05, 4.69) is 13.8 Å². The van der Waals surface area contributed by atoms with Gasteiger partial charge < -0.3 is 10.4 Å². The molecule has 2 N–H and O–H groups in total. The molecule has 0 aliphatic rings. The minimum atomic E-state index is -0.571. The quantitative estimate of drug-likeness (QED) is 0.668. The van der Waals surface area contributed by atoms with Crippen LogP contribution in [0.3, 0.4) is 0 Å². The molecule has 0 fully saturated rings. The maximum absolute atomic E-state index is 12.1. The van der Waals surface area contributed by atoms with Gasteiger partial charge in [0.1, 0.15) is 6.04 Å². The third kappa shape index (κ3) is 7.33. The van der Waals surface area contributed by atoms with Crippen molar-refractivity contribution >= 4 is 12.9 Å². The van der Waals surface area contributed by atoms with E-state index in [0.29, 0.717) is 6.42 Å². The second-order valence-electron chi connectivity index (χ2n) is 5.64. The Morgan fingerprint density at radius 2 is 1.71 bits per heavy atom. The maximum Gasteiger partial charge on any atom is 0.361 e. The molecule has 116 valence electrons. The summed E-state index contributed by atoms with van der Waals surface area (Å²) in [5.41, 5.74) is 7.05. The van der Waals surface area contributed by atoms with Crippen molar-refractivity contribution in [2.75, 3.05) is 0 Å². The molecule has 0 radical (unpaired) electrons. The lowest BCUT2D eigenvalue weighted by atomic mass is 9.59. The molecule has 1 aromatic carbocycles. The van der Waals surface area contributed by atoms with E-state index >= 15 is 0 Å². The lowest BCUT2D eigenvalue weighted by molar-refractivity contribution is -0.136. The van der Waals surface area contributed by atoms with Gasteiger partial charge in [-0.15, -0.1) is 0 Å². The molecule has 4 heteroatoms. The van der Waals surface area contributed by atoms with Gasteiger partial charge in [-0.25, -0.2) is 0 Å². The van der Waals surface area contributed by atoms with Crippen LogP contribution in [0.15, 0.2) is 30.3 Å². The summed E-state index contributed by atoms with van der Waals surface area (Å²) in [6.07, 6.45) is 6.85. The van der Waals surface area contributed by atoms with Crippen LogP contribution in [0.1, 0.15) is 45.1 Å². The van der Waals surface area contributed by atoms with E-state index in [1.807, 2.05) is 30.3 Å². The summed E-state index contributed by atoms with van der Waals surface area (Å²) in [7, 11) is 0. The number of unbranched alkanes of at least 4 members (excludes halogenated alkanes) is 2. The average molecular weight is 289 g/mol. The van der Waals surface area contributed by atoms with Gasteiger partial charge in [-0.1, -0.05) is 69.9 Å². The van der Waals surface area contributed by atoms with Gasteiger partial charge in [0.15, 0.2) is 0 Å². The molecule has 1 unspecified atom stereocenters. The molecule has 21 heavy (non-hydrogen) atoms. The van der Waals surface area contributed by atoms with E-state index in [-0.39, 0.29) is 12.9 Å². The number of carbonyl (C=O) groups is 1. The van der Waals surface area contributed by atoms with Gasteiger partial charge in [0.25, 0.3) is 0 Å². The Morgan fingerprint density at radius 3 is 2.24 bits per heavy atom. The Hall–Kier alpha value is -1.29. The smallest absolute Gasteiger partial charge is 0.361 e. The summed E-state index contributed by atoms with van der Waals surface area (Å²) >= 11 is 0. The zero-order valence-electron chi connectivity index (χ0n) is 13.4. The number of rotatable bonds is 10. The first kappa shape index (κ1) is 17.8. The van der Waals surface area contributed by atoms with Crippen LogP contribution in [0.2, 0.25) is 12.6 Å². The van der Waals surface area contributed by atoms with E-state index in [1.54, 1.807) is 0 Å². The second kappa shape index (κ2) is 10.4. The van der Waals surface area contributed by atoms with Crippen LogP contribution in [0.25, 0.3) is 0 Å². The normalized spacial score (nSPS) is 12.0. The fraction of sp³-hybridized carbons (Fsp3) is 0.588. The first-order chi connectivity index (χ1) is 10.2. The van der Waals surface area contributed by atoms with Gasteiger partial charge >= 0.3 is 12.9 Å². The zero-order valence-corrected chi connectivity index (χ0v) is 13.4. The number of benzene rings is 1. The molecule has 1 atom stereocenters. The van der Waals surface area contributed by atoms with Crippen molar-refractivity contribution in [2.45, 2.75) is 64.6 Å². The molecule has 0 amide bonds. The average Bonchev–Trinajstić information content (AvgIpc) is 2.50. The van der Waals surface area contributed by atoms with Crippen LogP contribution >= 0.6 is 0 Å². The standard InChI is InChI=1S/C17H28BNO2/c1-3-5-12-18(13-6-4-2)21-17(20)16(19)14-15-10-8-7-9-11-15/h7-11,16H,3-6,12-14,19H2,1-2H3. The first-order valence-electron chi connectivity index (χ1n) is 8.17. The Labute approximate surface area is 129 Å². The lowest BCUT2D eigenvalue weighted by Crippen LogP contribution is -2.38. The molecule has 0 aromatic heterocycles.